The van der Waals surface area contributed by atoms with Crippen LogP contribution in [-0.4, -0.2) is 33.1 Å². The van der Waals surface area contributed by atoms with Crippen LogP contribution in [0.15, 0.2) is 47.6 Å². The van der Waals surface area contributed by atoms with Crippen molar-refractivity contribution in [3.05, 3.63) is 59.3 Å². The van der Waals surface area contributed by atoms with Gasteiger partial charge in [0.15, 0.2) is 0 Å². The molecule has 0 bridgehead atoms. The van der Waals surface area contributed by atoms with Crippen LogP contribution >= 0.6 is 12.2 Å². The van der Waals surface area contributed by atoms with Crippen molar-refractivity contribution in [1.82, 2.24) is 20.4 Å². The van der Waals surface area contributed by atoms with Gasteiger partial charge in [0, 0.05) is 5.56 Å². The zero-order chi connectivity index (χ0) is 20.4. The maximum absolute atomic E-state index is 12.3. The first kappa shape index (κ1) is 19.1. The number of hydrogen-bond donors (Lipinski definition) is 1. The highest BCUT2D eigenvalue weighted by atomic mass is 32.1. The predicted octanol–water partition coefficient (Wildman–Crippen LogP) is 3.81. The standard InChI is InChI=1S/C19H14F3N5OS/c20-19(21,22)28-15-5-3-14(4-6-15)27-17-8-2-13-9-12(10-23-24-11-29)1-7-16(13)18(17)25-26-27/h1,3-7,9-11H,2,8H2,(H,24,29)/b23-10+. The number of nitrogens with one attached hydrogen (secondary N) is 1. The van der Waals surface area contributed by atoms with E-state index in [4.69, 9.17) is 0 Å². The quantitative estimate of drug-likeness (QED) is 0.389. The van der Waals surface area contributed by atoms with Crippen LogP contribution in [0.5, 0.6) is 5.75 Å². The largest absolute Gasteiger partial charge is 0.573 e. The molecule has 1 aliphatic carbocycles. The fourth-order valence-electron chi connectivity index (χ4n) is 3.26. The van der Waals surface area contributed by atoms with E-state index in [-0.39, 0.29) is 5.75 Å². The van der Waals surface area contributed by atoms with E-state index in [1.165, 1.54) is 29.8 Å². The molecule has 1 aliphatic rings. The molecule has 0 aliphatic heterocycles. The number of halogens is 3. The second kappa shape index (κ2) is 7.63. The summed E-state index contributed by atoms with van der Waals surface area (Å²) < 4.78 is 42.5. The molecule has 0 fully saturated rings. The minimum absolute atomic E-state index is 0.280. The molecule has 1 aromatic heterocycles. The fourth-order valence-corrected chi connectivity index (χ4v) is 3.32. The van der Waals surface area contributed by atoms with E-state index in [9.17, 15) is 13.2 Å². The van der Waals surface area contributed by atoms with Crippen LogP contribution in [0.1, 0.15) is 16.8 Å². The van der Waals surface area contributed by atoms with Crippen LogP contribution in [0.25, 0.3) is 16.9 Å². The summed E-state index contributed by atoms with van der Waals surface area (Å²) in [6.07, 6.45) is -1.55. The Hall–Kier alpha value is -3.27. The van der Waals surface area contributed by atoms with Crippen molar-refractivity contribution in [3.63, 3.8) is 0 Å². The van der Waals surface area contributed by atoms with Gasteiger partial charge in [0.25, 0.3) is 0 Å². The molecule has 6 nitrogen and oxygen atoms in total. The third kappa shape index (κ3) is 4.11. The van der Waals surface area contributed by atoms with Gasteiger partial charge in [-0.15, -0.1) is 18.3 Å². The number of hydrogen-bond acceptors (Lipinski definition) is 5. The summed E-state index contributed by atoms with van der Waals surface area (Å²) >= 11 is 4.66. The van der Waals surface area contributed by atoms with Crippen LogP contribution in [0.3, 0.4) is 0 Å². The Morgan fingerprint density at radius 2 is 1.93 bits per heavy atom. The summed E-state index contributed by atoms with van der Waals surface area (Å²) in [5.74, 6) is -0.280. The second-order valence-electron chi connectivity index (χ2n) is 6.26. The van der Waals surface area contributed by atoms with Gasteiger partial charge in [-0.1, -0.05) is 29.6 Å². The van der Waals surface area contributed by atoms with Gasteiger partial charge in [-0.05, 0) is 54.3 Å². The molecule has 29 heavy (non-hydrogen) atoms. The van der Waals surface area contributed by atoms with E-state index in [0.717, 1.165) is 34.5 Å². The molecule has 3 aromatic rings. The molecule has 0 amide bonds. The number of alkyl halides is 3. The first-order valence-corrected chi connectivity index (χ1v) is 9.08. The van der Waals surface area contributed by atoms with E-state index in [1.807, 2.05) is 18.2 Å². The average molecular weight is 417 g/mol. The Balaban J connectivity index is 1.62. The van der Waals surface area contributed by atoms with E-state index >= 15 is 0 Å². The first-order valence-electron chi connectivity index (χ1n) is 8.61. The van der Waals surface area contributed by atoms with E-state index in [0.29, 0.717) is 12.1 Å². The topological polar surface area (TPSA) is 64.3 Å². The summed E-state index contributed by atoms with van der Waals surface area (Å²) in [5, 5.41) is 12.5. The number of nitrogens with zero attached hydrogens (tertiary/aromatic N) is 4. The summed E-state index contributed by atoms with van der Waals surface area (Å²) in [5.41, 5.74) is 9.25. The number of benzene rings is 2. The van der Waals surface area contributed by atoms with Crippen molar-refractivity contribution in [2.45, 2.75) is 19.2 Å². The first-order chi connectivity index (χ1) is 13.9. The molecule has 4 rings (SSSR count). The van der Waals surface area contributed by atoms with Crippen molar-refractivity contribution in [1.29, 1.82) is 0 Å². The normalized spacial score (nSPS) is 13.1. The Bertz CT molecular complexity index is 1080. The molecule has 1 N–H and O–H groups in total. The van der Waals surface area contributed by atoms with Crippen molar-refractivity contribution in [3.8, 4) is 22.7 Å². The van der Waals surface area contributed by atoms with Crippen molar-refractivity contribution in [2.24, 2.45) is 5.10 Å². The maximum atomic E-state index is 12.3. The number of hydrazone groups is 1. The highest BCUT2D eigenvalue weighted by Gasteiger charge is 2.31. The Morgan fingerprint density at radius 3 is 2.66 bits per heavy atom. The van der Waals surface area contributed by atoms with Gasteiger partial charge < -0.3 is 4.74 Å². The minimum atomic E-state index is -4.72. The van der Waals surface area contributed by atoms with Gasteiger partial charge in [-0.25, -0.2) is 4.68 Å². The van der Waals surface area contributed by atoms with E-state index in [2.05, 4.69) is 37.8 Å². The molecular weight excluding hydrogens is 403 g/mol. The third-order valence-corrected chi connectivity index (χ3v) is 4.54. The SMILES string of the molecule is FC(F)(F)Oc1ccc(-n2nnc3c2CCc2cc(/C=N/NC=S)ccc2-3)cc1. The van der Waals surface area contributed by atoms with Crippen LogP contribution in [0.4, 0.5) is 13.2 Å². The molecule has 10 heteroatoms. The van der Waals surface area contributed by atoms with Crippen molar-refractivity contribution < 1.29 is 17.9 Å². The number of rotatable bonds is 5. The Kier molecular flexibility index (Phi) is 5.01. The summed E-state index contributed by atoms with van der Waals surface area (Å²) in [4.78, 5) is 0. The molecule has 1 heterocycles. The molecular formula is C19H14F3N5OS. The van der Waals surface area contributed by atoms with Crippen LogP contribution < -0.4 is 10.2 Å². The van der Waals surface area contributed by atoms with E-state index < -0.39 is 6.36 Å². The lowest BCUT2D eigenvalue weighted by molar-refractivity contribution is -0.274. The zero-order valence-corrected chi connectivity index (χ0v) is 15.7. The highest BCUT2D eigenvalue weighted by Crippen LogP contribution is 2.33. The fraction of sp³-hybridized carbons (Fsp3) is 0.158. The monoisotopic (exact) mass is 417 g/mol. The molecule has 0 saturated carbocycles. The maximum Gasteiger partial charge on any atom is 0.573 e. The van der Waals surface area contributed by atoms with Crippen molar-refractivity contribution >= 4 is 23.9 Å². The lowest BCUT2D eigenvalue weighted by Crippen LogP contribution is -2.17. The zero-order valence-electron chi connectivity index (χ0n) is 14.8. The number of aromatic nitrogens is 3. The number of fused-ring (bicyclic) bond motifs is 3. The van der Waals surface area contributed by atoms with Crippen LogP contribution in [-0.2, 0) is 12.8 Å². The molecule has 2 aromatic carbocycles. The van der Waals surface area contributed by atoms with Gasteiger partial charge in [0.2, 0.25) is 0 Å². The average Bonchev–Trinajstić information content (AvgIpc) is 3.12. The molecule has 0 radical (unpaired) electrons. The van der Waals surface area contributed by atoms with Crippen molar-refractivity contribution in [2.75, 3.05) is 0 Å². The predicted molar refractivity (Wildman–Crippen MR) is 105 cm³/mol. The molecule has 0 atom stereocenters. The minimum Gasteiger partial charge on any atom is -0.406 e. The number of thiocarbonyl (C=S) groups is 1. The lowest BCUT2D eigenvalue weighted by atomic mass is 9.91. The summed E-state index contributed by atoms with van der Waals surface area (Å²) in [7, 11) is 0. The number of ether oxygens (including phenoxy) is 1. The second-order valence-corrected chi connectivity index (χ2v) is 6.50. The Labute approximate surface area is 169 Å². The molecule has 0 spiro atoms. The Morgan fingerprint density at radius 1 is 1.14 bits per heavy atom. The lowest BCUT2D eigenvalue weighted by Gasteiger charge is -2.17. The van der Waals surface area contributed by atoms with Gasteiger partial charge in [-0.3, -0.25) is 5.43 Å². The number of aryl methyl sites for hydroxylation is 1. The third-order valence-electron chi connectivity index (χ3n) is 4.43. The van der Waals surface area contributed by atoms with E-state index in [1.54, 1.807) is 10.9 Å². The van der Waals surface area contributed by atoms with Gasteiger partial charge in [-0.2, -0.15) is 5.10 Å². The molecule has 148 valence electrons. The van der Waals surface area contributed by atoms with Crippen LogP contribution in [0.2, 0.25) is 0 Å². The summed E-state index contributed by atoms with van der Waals surface area (Å²) in [6.45, 7) is 0. The molecule has 0 saturated heterocycles. The van der Waals surface area contributed by atoms with Gasteiger partial charge >= 0.3 is 6.36 Å². The van der Waals surface area contributed by atoms with Crippen LogP contribution in [0, 0.1) is 0 Å². The highest BCUT2D eigenvalue weighted by molar-refractivity contribution is 7.78. The van der Waals surface area contributed by atoms with Gasteiger partial charge in [0.05, 0.1) is 23.1 Å². The smallest absolute Gasteiger partial charge is 0.406 e. The van der Waals surface area contributed by atoms with Gasteiger partial charge in [0.1, 0.15) is 11.4 Å². The summed E-state index contributed by atoms with van der Waals surface area (Å²) in [6, 6.07) is 11.5. The molecule has 0 unspecified atom stereocenters.